The molecule has 29 heavy (non-hydrogen) atoms. The number of aliphatic hydroxyl groups excluding tert-OH is 3. The topological polar surface area (TPSA) is 151 Å². The van der Waals surface area contributed by atoms with Gasteiger partial charge in [0.15, 0.2) is 5.58 Å². The summed E-state index contributed by atoms with van der Waals surface area (Å²) < 4.78 is 5.91. The summed E-state index contributed by atoms with van der Waals surface area (Å²) in [6.07, 6.45) is 0.675. The number of anilines is 2. The van der Waals surface area contributed by atoms with Crippen molar-refractivity contribution in [3.05, 3.63) is 29.2 Å². The van der Waals surface area contributed by atoms with E-state index in [1.54, 1.807) is 6.20 Å². The lowest BCUT2D eigenvalue weighted by Gasteiger charge is -2.20. The average molecular weight is 420 g/mol. The maximum Gasteiger partial charge on any atom is 0.223 e. The monoisotopic (exact) mass is 419 g/mol. The molecule has 1 saturated carbocycles. The molecule has 0 amide bonds. The number of nitrogens with one attached hydrogen (secondary N) is 1. The van der Waals surface area contributed by atoms with E-state index >= 15 is 0 Å². The summed E-state index contributed by atoms with van der Waals surface area (Å²) in [4.78, 5) is 12.6. The fourth-order valence-corrected chi connectivity index (χ4v) is 3.97. The van der Waals surface area contributed by atoms with Crippen molar-refractivity contribution in [1.82, 2.24) is 15.0 Å². The highest BCUT2D eigenvalue weighted by atomic mass is 35.5. The van der Waals surface area contributed by atoms with Crippen molar-refractivity contribution in [2.24, 2.45) is 5.92 Å². The van der Waals surface area contributed by atoms with Crippen LogP contribution < -0.4 is 11.1 Å². The molecule has 3 heterocycles. The molecular weight excluding hydrogens is 398 g/mol. The summed E-state index contributed by atoms with van der Waals surface area (Å²) >= 11 is 6.36. The Morgan fingerprint density at radius 2 is 2.07 bits per heavy atom. The number of nitrogens with two attached hydrogens (primary N) is 1. The van der Waals surface area contributed by atoms with Crippen molar-refractivity contribution in [3.8, 4) is 11.3 Å². The van der Waals surface area contributed by atoms with Crippen molar-refractivity contribution >= 4 is 34.3 Å². The average Bonchev–Trinajstić information content (AvgIpc) is 3.22. The minimum Gasteiger partial charge on any atom is -0.454 e. The van der Waals surface area contributed by atoms with E-state index in [4.69, 9.17) is 21.8 Å². The van der Waals surface area contributed by atoms with Crippen LogP contribution in [0.1, 0.15) is 19.0 Å². The van der Waals surface area contributed by atoms with E-state index in [2.05, 4.69) is 20.3 Å². The maximum absolute atomic E-state index is 10.3. The molecule has 3 aromatic rings. The van der Waals surface area contributed by atoms with Gasteiger partial charge < -0.3 is 30.8 Å². The molecule has 0 aliphatic heterocycles. The second-order valence-electron chi connectivity index (χ2n) is 7.18. The third kappa shape index (κ3) is 3.62. The molecule has 4 rings (SSSR count). The number of furan rings is 1. The number of aryl methyl sites for hydroxylation is 1. The molecule has 0 saturated heterocycles. The molecule has 1 aliphatic carbocycles. The first-order valence-corrected chi connectivity index (χ1v) is 9.74. The predicted molar refractivity (Wildman–Crippen MR) is 108 cm³/mol. The van der Waals surface area contributed by atoms with Gasteiger partial charge in [-0.2, -0.15) is 4.98 Å². The fourth-order valence-electron chi connectivity index (χ4n) is 3.70. The van der Waals surface area contributed by atoms with Crippen molar-refractivity contribution < 1.29 is 19.7 Å². The first-order valence-electron chi connectivity index (χ1n) is 9.36. The highest BCUT2D eigenvalue weighted by Crippen LogP contribution is 2.38. The molecule has 0 unspecified atom stereocenters. The van der Waals surface area contributed by atoms with Crippen LogP contribution in [0.5, 0.6) is 0 Å². The summed E-state index contributed by atoms with van der Waals surface area (Å²) in [5, 5.41) is 33.9. The standard InChI is InChI=1S/C19H22ClN5O4/c1-2-10-3-8-5-12(29-13(8)6-22-10)14-17(20)24-19(21)25-18(14)23-11-4-9(7-26)15(27)16(11)28/h3,5-6,9,11,15-16,26-28H,2,4,7H2,1H3,(H3,21,23,24,25)/t9-,11-,15-,16+/m1/s1. The van der Waals surface area contributed by atoms with Gasteiger partial charge in [0.25, 0.3) is 0 Å². The van der Waals surface area contributed by atoms with Crippen molar-refractivity contribution in [1.29, 1.82) is 0 Å². The van der Waals surface area contributed by atoms with Crippen LogP contribution in [-0.4, -0.2) is 55.1 Å². The van der Waals surface area contributed by atoms with Gasteiger partial charge >= 0.3 is 0 Å². The number of rotatable bonds is 5. The quantitative estimate of drug-likeness (QED) is 0.388. The van der Waals surface area contributed by atoms with Gasteiger partial charge in [0.2, 0.25) is 5.95 Å². The Kier molecular flexibility index (Phi) is 5.30. The first kappa shape index (κ1) is 19.8. The molecular formula is C19H22ClN5O4. The summed E-state index contributed by atoms with van der Waals surface area (Å²) in [6, 6.07) is 3.20. The maximum atomic E-state index is 10.3. The molecule has 0 radical (unpaired) electrons. The van der Waals surface area contributed by atoms with E-state index in [-0.39, 0.29) is 23.5 Å². The van der Waals surface area contributed by atoms with Crippen LogP contribution >= 0.6 is 11.6 Å². The summed E-state index contributed by atoms with van der Waals surface area (Å²) in [7, 11) is 0. The van der Waals surface area contributed by atoms with Crippen LogP contribution in [-0.2, 0) is 6.42 Å². The van der Waals surface area contributed by atoms with E-state index in [9.17, 15) is 15.3 Å². The van der Waals surface area contributed by atoms with E-state index in [1.807, 2.05) is 19.1 Å². The van der Waals surface area contributed by atoms with Gasteiger partial charge in [0.1, 0.15) is 22.8 Å². The Morgan fingerprint density at radius 3 is 2.76 bits per heavy atom. The van der Waals surface area contributed by atoms with Gasteiger partial charge in [-0.1, -0.05) is 18.5 Å². The normalized spacial score (nSPS) is 24.3. The molecule has 10 heteroatoms. The third-order valence-corrected chi connectivity index (χ3v) is 5.58. The Balaban J connectivity index is 1.75. The van der Waals surface area contributed by atoms with Crippen LogP contribution in [0.3, 0.4) is 0 Å². The summed E-state index contributed by atoms with van der Waals surface area (Å²) in [5.74, 6) is 0.221. The first-order chi connectivity index (χ1) is 13.9. The lowest BCUT2D eigenvalue weighted by molar-refractivity contribution is 0.00446. The number of nitrogen functional groups attached to an aromatic ring is 1. The molecule has 0 bridgehead atoms. The highest BCUT2D eigenvalue weighted by Gasteiger charge is 2.41. The zero-order valence-electron chi connectivity index (χ0n) is 15.7. The van der Waals surface area contributed by atoms with Crippen molar-refractivity contribution in [2.75, 3.05) is 17.7 Å². The van der Waals surface area contributed by atoms with Gasteiger partial charge in [0.05, 0.1) is 23.9 Å². The second kappa shape index (κ2) is 7.75. The second-order valence-corrected chi connectivity index (χ2v) is 7.54. The van der Waals surface area contributed by atoms with E-state index < -0.39 is 24.2 Å². The van der Waals surface area contributed by atoms with Gasteiger partial charge in [-0.15, -0.1) is 0 Å². The van der Waals surface area contributed by atoms with Gasteiger partial charge in [-0.3, -0.25) is 4.98 Å². The highest BCUT2D eigenvalue weighted by molar-refractivity contribution is 6.32. The van der Waals surface area contributed by atoms with E-state index in [0.717, 1.165) is 17.5 Å². The predicted octanol–water partition coefficient (Wildman–Crippen LogP) is 1.60. The lowest BCUT2D eigenvalue weighted by Crippen LogP contribution is -2.35. The molecule has 3 aromatic heterocycles. The van der Waals surface area contributed by atoms with Gasteiger partial charge in [-0.25, -0.2) is 4.98 Å². The Bertz CT molecular complexity index is 1040. The van der Waals surface area contributed by atoms with Crippen molar-refractivity contribution in [3.63, 3.8) is 0 Å². The number of aliphatic hydroxyl groups is 3. The number of fused-ring (bicyclic) bond motifs is 1. The zero-order chi connectivity index (χ0) is 20.7. The molecule has 154 valence electrons. The summed E-state index contributed by atoms with van der Waals surface area (Å²) in [6.45, 7) is 1.79. The van der Waals surface area contributed by atoms with Gasteiger partial charge in [-0.05, 0) is 25.0 Å². The van der Waals surface area contributed by atoms with E-state index in [0.29, 0.717) is 23.3 Å². The number of nitrogens with zero attached hydrogens (tertiary/aromatic N) is 3. The van der Waals surface area contributed by atoms with Crippen LogP contribution in [0, 0.1) is 5.92 Å². The molecule has 6 N–H and O–H groups in total. The minimum atomic E-state index is -1.08. The Labute approximate surface area is 171 Å². The molecule has 1 aliphatic rings. The van der Waals surface area contributed by atoms with Crippen molar-refractivity contribution in [2.45, 2.75) is 38.0 Å². The van der Waals surface area contributed by atoms with Crippen LogP contribution in [0.25, 0.3) is 22.3 Å². The number of aromatic nitrogens is 3. The SMILES string of the molecule is CCc1cc2cc(-c3c(Cl)nc(N)nc3N[C@@H]3C[C@H](CO)[C@@H](O)[C@H]3O)oc2cn1. The fraction of sp³-hybridized carbons (Fsp3) is 0.421. The van der Waals surface area contributed by atoms with Gasteiger partial charge in [0, 0.05) is 23.6 Å². The van der Waals surface area contributed by atoms with Crippen LogP contribution in [0.2, 0.25) is 5.15 Å². The molecule has 1 fully saturated rings. The minimum absolute atomic E-state index is 0.0426. The molecule has 0 aromatic carbocycles. The summed E-state index contributed by atoms with van der Waals surface area (Å²) in [5.41, 5.74) is 7.68. The number of hydrogen-bond acceptors (Lipinski definition) is 9. The number of hydrogen-bond donors (Lipinski definition) is 5. The molecule has 4 atom stereocenters. The Morgan fingerprint density at radius 1 is 1.28 bits per heavy atom. The number of halogens is 1. The smallest absolute Gasteiger partial charge is 0.223 e. The number of pyridine rings is 1. The zero-order valence-corrected chi connectivity index (χ0v) is 16.5. The largest absolute Gasteiger partial charge is 0.454 e. The van der Waals surface area contributed by atoms with Crippen LogP contribution in [0.4, 0.5) is 11.8 Å². The molecule has 9 nitrogen and oxygen atoms in total. The molecule has 0 spiro atoms. The lowest BCUT2D eigenvalue weighted by atomic mass is 10.1. The Hall–Kier alpha value is -2.46. The third-order valence-electron chi connectivity index (χ3n) is 5.31. The van der Waals surface area contributed by atoms with E-state index in [1.165, 1.54) is 0 Å². The van der Waals surface area contributed by atoms with Crippen LogP contribution in [0.15, 0.2) is 22.7 Å².